The number of rotatable bonds is 4. The fourth-order valence-corrected chi connectivity index (χ4v) is 2.85. The van der Waals surface area contributed by atoms with E-state index in [2.05, 4.69) is 10.2 Å². The number of carbonyl (C=O) groups is 2. The second-order valence-electron chi connectivity index (χ2n) is 7.31. The van der Waals surface area contributed by atoms with Crippen molar-refractivity contribution in [3.8, 4) is 0 Å². The summed E-state index contributed by atoms with van der Waals surface area (Å²) in [5.74, 6) is -0.0956. The predicted octanol–water partition coefficient (Wildman–Crippen LogP) is 3.10. The van der Waals surface area contributed by atoms with E-state index >= 15 is 0 Å². The molecule has 1 aliphatic heterocycles. The third kappa shape index (κ3) is 5.96. The molecule has 0 spiro atoms. The number of hydrogen-bond donors (Lipinski definition) is 1. The summed E-state index contributed by atoms with van der Waals surface area (Å²) in [5, 5.41) is 2.75. The van der Waals surface area contributed by atoms with Crippen molar-refractivity contribution in [2.24, 2.45) is 5.92 Å². The van der Waals surface area contributed by atoms with Gasteiger partial charge in [-0.25, -0.2) is 4.79 Å². The van der Waals surface area contributed by atoms with Crippen LogP contribution in [-0.2, 0) is 20.8 Å². The molecule has 25 heavy (non-hydrogen) atoms. The summed E-state index contributed by atoms with van der Waals surface area (Å²) in [6.45, 7) is 7.63. The lowest BCUT2D eigenvalue weighted by Gasteiger charge is -2.32. The molecule has 1 aromatic rings. The summed E-state index contributed by atoms with van der Waals surface area (Å²) in [5.41, 5.74) is 1.65. The van der Waals surface area contributed by atoms with Gasteiger partial charge in [-0.05, 0) is 51.3 Å². The van der Waals surface area contributed by atoms with Gasteiger partial charge in [0.1, 0.15) is 5.60 Å². The van der Waals surface area contributed by atoms with Gasteiger partial charge in [0.15, 0.2) is 0 Å². The molecule has 0 bridgehead atoms. The zero-order valence-electron chi connectivity index (χ0n) is 15.5. The summed E-state index contributed by atoms with van der Waals surface area (Å²) in [6.07, 6.45) is 1.21. The van der Waals surface area contributed by atoms with Crippen molar-refractivity contribution in [1.29, 1.82) is 0 Å². The third-order valence-electron chi connectivity index (χ3n) is 4.17. The van der Waals surface area contributed by atoms with E-state index in [1.807, 2.05) is 45.0 Å². The molecular formula is C19H28N2O4. The van der Waals surface area contributed by atoms with Crippen LogP contribution in [0.5, 0.6) is 0 Å². The van der Waals surface area contributed by atoms with Crippen molar-refractivity contribution >= 4 is 17.7 Å². The lowest BCUT2D eigenvalue weighted by atomic mass is 9.96. The van der Waals surface area contributed by atoms with Crippen molar-refractivity contribution in [1.82, 2.24) is 5.32 Å². The van der Waals surface area contributed by atoms with Crippen LogP contribution in [0.2, 0.25) is 0 Å². The zero-order valence-corrected chi connectivity index (χ0v) is 15.5. The number of amides is 1. The Kier molecular flexibility index (Phi) is 6.28. The Labute approximate surface area is 149 Å². The standard InChI is InChI=1S/C19H28N2O4/c1-19(2,3)25-18(23)20-13-14-5-7-16(8-6-14)21-11-9-15(10-12-21)17(22)24-4/h5-8,15H,9-13H2,1-4H3,(H,20,23). The molecule has 1 N–H and O–H groups in total. The molecule has 1 aromatic carbocycles. The number of benzene rings is 1. The van der Waals surface area contributed by atoms with Gasteiger partial charge in [0.05, 0.1) is 13.0 Å². The third-order valence-corrected chi connectivity index (χ3v) is 4.17. The van der Waals surface area contributed by atoms with Gasteiger partial charge in [-0.15, -0.1) is 0 Å². The van der Waals surface area contributed by atoms with Gasteiger partial charge >= 0.3 is 12.1 Å². The molecule has 0 saturated carbocycles. The van der Waals surface area contributed by atoms with E-state index in [1.54, 1.807) is 0 Å². The zero-order chi connectivity index (χ0) is 18.4. The van der Waals surface area contributed by atoms with Gasteiger partial charge in [0.2, 0.25) is 0 Å². The number of hydrogen-bond acceptors (Lipinski definition) is 5. The fraction of sp³-hybridized carbons (Fsp3) is 0.579. The molecule has 1 amide bonds. The molecule has 1 fully saturated rings. The molecular weight excluding hydrogens is 320 g/mol. The Hall–Kier alpha value is -2.24. The summed E-state index contributed by atoms with van der Waals surface area (Å²) >= 11 is 0. The van der Waals surface area contributed by atoms with Crippen molar-refractivity contribution in [2.45, 2.75) is 45.8 Å². The Balaban J connectivity index is 1.82. The summed E-state index contributed by atoms with van der Waals surface area (Å²) in [7, 11) is 1.44. The number of ether oxygens (including phenoxy) is 2. The minimum Gasteiger partial charge on any atom is -0.469 e. The van der Waals surface area contributed by atoms with Crippen LogP contribution in [-0.4, -0.2) is 37.9 Å². The van der Waals surface area contributed by atoms with Gasteiger partial charge in [-0.1, -0.05) is 12.1 Å². The molecule has 6 heteroatoms. The highest BCUT2D eigenvalue weighted by Crippen LogP contribution is 2.24. The van der Waals surface area contributed by atoms with Crippen LogP contribution in [0, 0.1) is 5.92 Å². The monoisotopic (exact) mass is 348 g/mol. The van der Waals surface area contributed by atoms with Crippen molar-refractivity contribution < 1.29 is 19.1 Å². The van der Waals surface area contributed by atoms with Gasteiger partial charge in [-0.3, -0.25) is 4.79 Å². The lowest BCUT2D eigenvalue weighted by Crippen LogP contribution is -2.36. The molecule has 0 unspecified atom stereocenters. The largest absolute Gasteiger partial charge is 0.469 e. The van der Waals surface area contributed by atoms with E-state index in [9.17, 15) is 9.59 Å². The van der Waals surface area contributed by atoms with Crippen LogP contribution < -0.4 is 10.2 Å². The number of nitrogens with zero attached hydrogens (tertiary/aromatic N) is 1. The molecule has 1 aliphatic rings. The topological polar surface area (TPSA) is 67.9 Å². The number of anilines is 1. The second-order valence-corrected chi connectivity index (χ2v) is 7.31. The van der Waals surface area contributed by atoms with E-state index < -0.39 is 11.7 Å². The highest BCUT2D eigenvalue weighted by atomic mass is 16.6. The lowest BCUT2D eigenvalue weighted by molar-refractivity contribution is -0.146. The SMILES string of the molecule is COC(=O)C1CCN(c2ccc(CNC(=O)OC(C)(C)C)cc2)CC1. The Morgan fingerprint density at radius 1 is 1.16 bits per heavy atom. The molecule has 1 heterocycles. The van der Waals surface area contributed by atoms with Crippen LogP contribution in [0.25, 0.3) is 0 Å². The van der Waals surface area contributed by atoms with Crippen LogP contribution in [0.4, 0.5) is 10.5 Å². The van der Waals surface area contributed by atoms with Gasteiger partial charge < -0.3 is 19.7 Å². The molecule has 0 atom stereocenters. The molecule has 1 saturated heterocycles. The first-order valence-electron chi connectivity index (χ1n) is 8.67. The smallest absolute Gasteiger partial charge is 0.407 e. The fourth-order valence-electron chi connectivity index (χ4n) is 2.85. The van der Waals surface area contributed by atoms with Gasteiger partial charge in [-0.2, -0.15) is 0 Å². The highest BCUT2D eigenvalue weighted by molar-refractivity contribution is 5.72. The molecule has 2 rings (SSSR count). The van der Waals surface area contributed by atoms with Gasteiger partial charge in [0.25, 0.3) is 0 Å². The number of carbonyl (C=O) groups excluding carboxylic acids is 2. The average molecular weight is 348 g/mol. The first kappa shape index (κ1) is 19.1. The molecule has 0 aromatic heterocycles. The Morgan fingerprint density at radius 3 is 2.28 bits per heavy atom. The highest BCUT2D eigenvalue weighted by Gasteiger charge is 2.25. The Bertz CT molecular complexity index is 584. The first-order valence-corrected chi connectivity index (χ1v) is 8.67. The molecule has 0 radical (unpaired) electrons. The number of esters is 1. The predicted molar refractivity (Wildman–Crippen MR) is 96.5 cm³/mol. The maximum Gasteiger partial charge on any atom is 0.407 e. The van der Waals surface area contributed by atoms with Crippen LogP contribution in [0.3, 0.4) is 0 Å². The van der Waals surface area contributed by atoms with E-state index in [-0.39, 0.29) is 11.9 Å². The van der Waals surface area contributed by atoms with Crippen LogP contribution >= 0.6 is 0 Å². The molecule has 6 nitrogen and oxygen atoms in total. The number of nitrogens with one attached hydrogen (secondary N) is 1. The van der Waals surface area contributed by atoms with Crippen molar-refractivity contribution in [3.05, 3.63) is 29.8 Å². The maximum absolute atomic E-state index is 11.7. The van der Waals surface area contributed by atoms with Crippen molar-refractivity contribution in [3.63, 3.8) is 0 Å². The van der Waals surface area contributed by atoms with Crippen LogP contribution in [0.1, 0.15) is 39.2 Å². The van der Waals surface area contributed by atoms with E-state index in [0.29, 0.717) is 6.54 Å². The summed E-state index contributed by atoms with van der Waals surface area (Å²) in [4.78, 5) is 25.5. The molecule has 0 aliphatic carbocycles. The van der Waals surface area contributed by atoms with Gasteiger partial charge in [0, 0.05) is 25.3 Å². The van der Waals surface area contributed by atoms with Crippen LogP contribution in [0.15, 0.2) is 24.3 Å². The average Bonchev–Trinajstić information content (AvgIpc) is 2.58. The van der Waals surface area contributed by atoms with E-state index in [1.165, 1.54) is 7.11 Å². The summed E-state index contributed by atoms with van der Waals surface area (Å²) in [6, 6.07) is 8.09. The summed E-state index contributed by atoms with van der Waals surface area (Å²) < 4.78 is 10.0. The van der Waals surface area contributed by atoms with E-state index in [0.717, 1.165) is 37.2 Å². The minimum atomic E-state index is -0.496. The quantitative estimate of drug-likeness (QED) is 0.847. The number of methoxy groups -OCH3 is 1. The molecule has 138 valence electrons. The van der Waals surface area contributed by atoms with Crippen molar-refractivity contribution in [2.75, 3.05) is 25.1 Å². The maximum atomic E-state index is 11.7. The van der Waals surface area contributed by atoms with E-state index in [4.69, 9.17) is 9.47 Å². The second kappa shape index (κ2) is 8.23. The minimum absolute atomic E-state index is 0.0125. The normalized spacial score (nSPS) is 15.6. The number of piperidine rings is 1. The Morgan fingerprint density at radius 2 is 1.76 bits per heavy atom. The first-order chi connectivity index (χ1) is 11.8. The number of alkyl carbamates (subject to hydrolysis) is 1.